The van der Waals surface area contributed by atoms with Crippen LogP contribution in [0.1, 0.15) is 16.9 Å². The Kier molecular flexibility index (Phi) is 3.36. The van der Waals surface area contributed by atoms with E-state index in [2.05, 4.69) is 9.97 Å². The predicted octanol–water partition coefficient (Wildman–Crippen LogP) is 0.991. The minimum absolute atomic E-state index is 0.121. The van der Waals surface area contributed by atoms with Crippen LogP contribution in [0, 0.1) is 0 Å². The zero-order valence-electron chi connectivity index (χ0n) is 8.89. The minimum atomic E-state index is -0.144. The summed E-state index contributed by atoms with van der Waals surface area (Å²) in [6, 6.07) is 0. The zero-order chi connectivity index (χ0) is 11.5. The van der Waals surface area contributed by atoms with Gasteiger partial charge in [-0.3, -0.25) is 9.78 Å². The molecule has 1 saturated heterocycles. The van der Waals surface area contributed by atoms with Crippen LogP contribution in [0.4, 0.5) is 0 Å². The summed E-state index contributed by atoms with van der Waals surface area (Å²) in [4.78, 5) is 21.5. The number of nitrogens with zero attached hydrogens (tertiary/aromatic N) is 3. The molecule has 1 aromatic heterocycles. The number of methoxy groups -OCH3 is 1. The summed E-state index contributed by atoms with van der Waals surface area (Å²) in [6.07, 6.45) is 3.81. The highest BCUT2D eigenvalue weighted by atomic mass is 35.5. The number of carbonyl (C=O) groups is 1. The molecule has 86 valence electrons. The fourth-order valence-corrected chi connectivity index (χ4v) is 1.86. The van der Waals surface area contributed by atoms with Gasteiger partial charge in [0.05, 0.1) is 18.5 Å². The van der Waals surface area contributed by atoms with E-state index < -0.39 is 0 Å². The maximum absolute atomic E-state index is 12.0. The van der Waals surface area contributed by atoms with Gasteiger partial charge in [0, 0.05) is 20.2 Å². The molecule has 2 rings (SSSR count). The molecule has 0 bridgehead atoms. The highest BCUT2D eigenvalue weighted by molar-refractivity contribution is 6.29. The van der Waals surface area contributed by atoms with E-state index in [1.165, 1.54) is 12.4 Å². The fourth-order valence-electron chi connectivity index (χ4n) is 1.71. The molecule has 1 aliphatic rings. The first-order chi connectivity index (χ1) is 7.70. The lowest BCUT2D eigenvalue weighted by molar-refractivity contribution is 0.0718. The monoisotopic (exact) mass is 241 g/mol. The first-order valence-corrected chi connectivity index (χ1v) is 5.38. The third kappa shape index (κ3) is 2.31. The van der Waals surface area contributed by atoms with Gasteiger partial charge in [-0.05, 0) is 6.42 Å². The molecule has 0 saturated carbocycles. The van der Waals surface area contributed by atoms with Crippen molar-refractivity contribution in [1.82, 2.24) is 14.9 Å². The van der Waals surface area contributed by atoms with Crippen molar-refractivity contribution in [1.29, 1.82) is 0 Å². The second-order valence-electron chi connectivity index (χ2n) is 3.62. The molecular weight excluding hydrogens is 230 g/mol. The van der Waals surface area contributed by atoms with E-state index in [-0.39, 0.29) is 22.9 Å². The van der Waals surface area contributed by atoms with Crippen molar-refractivity contribution in [2.24, 2.45) is 0 Å². The lowest BCUT2D eigenvalue weighted by atomic mass is 10.3. The number of ether oxygens (including phenoxy) is 1. The lowest BCUT2D eigenvalue weighted by Crippen LogP contribution is -2.30. The minimum Gasteiger partial charge on any atom is -0.380 e. The average Bonchev–Trinajstić information content (AvgIpc) is 2.76. The van der Waals surface area contributed by atoms with Crippen molar-refractivity contribution in [3.05, 3.63) is 23.2 Å². The van der Waals surface area contributed by atoms with Crippen LogP contribution in [0.2, 0.25) is 5.15 Å². The van der Waals surface area contributed by atoms with E-state index in [0.717, 1.165) is 6.42 Å². The van der Waals surface area contributed by atoms with Crippen LogP contribution in [0.25, 0.3) is 0 Å². The molecule has 5 nitrogen and oxygen atoms in total. The molecule has 0 spiro atoms. The second kappa shape index (κ2) is 4.76. The molecule has 1 fully saturated rings. The van der Waals surface area contributed by atoms with E-state index in [1.54, 1.807) is 12.0 Å². The Morgan fingerprint density at radius 2 is 2.44 bits per heavy atom. The number of hydrogen-bond donors (Lipinski definition) is 0. The Balaban J connectivity index is 2.08. The van der Waals surface area contributed by atoms with Gasteiger partial charge in [-0.1, -0.05) is 11.6 Å². The van der Waals surface area contributed by atoms with Gasteiger partial charge < -0.3 is 9.64 Å². The first kappa shape index (κ1) is 11.3. The van der Waals surface area contributed by atoms with Crippen LogP contribution in [-0.4, -0.2) is 47.1 Å². The second-order valence-corrected chi connectivity index (χ2v) is 4.01. The molecule has 1 aromatic rings. The number of likely N-dealkylation sites (tertiary alicyclic amines) is 1. The Bertz CT molecular complexity index is 399. The SMILES string of the molecule is COC1CCN(C(=O)c2cncc(Cl)n2)C1. The van der Waals surface area contributed by atoms with Crippen molar-refractivity contribution in [2.45, 2.75) is 12.5 Å². The predicted molar refractivity (Wildman–Crippen MR) is 58.4 cm³/mol. The molecule has 0 radical (unpaired) electrons. The number of rotatable bonds is 2. The smallest absolute Gasteiger partial charge is 0.274 e. The van der Waals surface area contributed by atoms with E-state index in [9.17, 15) is 4.79 Å². The number of halogens is 1. The van der Waals surface area contributed by atoms with Gasteiger partial charge >= 0.3 is 0 Å². The summed E-state index contributed by atoms with van der Waals surface area (Å²) >= 11 is 5.68. The molecule has 0 aliphatic carbocycles. The van der Waals surface area contributed by atoms with Gasteiger partial charge in [0.2, 0.25) is 0 Å². The quantitative estimate of drug-likeness (QED) is 0.775. The Hall–Kier alpha value is -1.20. The number of aromatic nitrogens is 2. The highest BCUT2D eigenvalue weighted by Crippen LogP contribution is 2.14. The molecule has 1 atom stereocenters. The van der Waals surface area contributed by atoms with Crippen LogP contribution in [0.3, 0.4) is 0 Å². The largest absolute Gasteiger partial charge is 0.380 e. The van der Waals surface area contributed by atoms with Crippen molar-refractivity contribution in [3.63, 3.8) is 0 Å². The molecular formula is C10H12ClN3O2. The molecule has 1 aliphatic heterocycles. The van der Waals surface area contributed by atoms with Crippen molar-refractivity contribution < 1.29 is 9.53 Å². The van der Waals surface area contributed by atoms with Crippen molar-refractivity contribution in [3.8, 4) is 0 Å². The topological polar surface area (TPSA) is 55.3 Å². The van der Waals surface area contributed by atoms with E-state index in [4.69, 9.17) is 16.3 Å². The van der Waals surface area contributed by atoms with Crippen molar-refractivity contribution >= 4 is 17.5 Å². The summed E-state index contributed by atoms with van der Waals surface area (Å²) in [5.41, 5.74) is 0.282. The normalized spacial score (nSPS) is 20.1. The molecule has 0 N–H and O–H groups in total. The fraction of sp³-hybridized carbons (Fsp3) is 0.500. The van der Waals surface area contributed by atoms with Gasteiger partial charge in [0.25, 0.3) is 5.91 Å². The third-order valence-corrected chi connectivity index (χ3v) is 2.77. The lowest BCUT2D eigenvalue weighted by Gasteiger charge is -2.15. The van der Waals surface area contributed by atoms with E-state index in [0.29, 0.717) is 13.1 Å². The highest BCUT2D eigenvalue weighted by Gasteiger charge is 2.27. The summed E-state index contributed by atoms with van der Waals surface area (Å²) < 4.78 is 5.20. The van der Waals surface area contributed by atoms with E-state index >= 15 is 0 Å². The van der Waals surface area contributed by atoms with Gasteiger partial charge in [0.15, 0.2) is 0 Å². The summed E-state index contributed by atoms with van der Waals surface area (Å²) in [5.74, 6) is -0.144. The van der Waals surface area contributed by atoms with Crippen LogP contribution < -0.4 is 0 Å². The van der Waals surface area contributed by atoms with Gasteiger partial charge in [0.1, 0.15) is 10.8 Å². The molecule has 2 heterocycles. The van der Waals surface area contributed by atoms with Crippen LogP contribution >= 0.6 is 11.6 Å². The van der Waals surface area contributed by atoms with Crippen molar-refractivity contribution in [2.75, 3.05) is 20.2 Å². The van der Waals surface area contributed by atoms with E-state index in [1.807, 2.05) is 0 Å². The molecule has 6 heteroatoms. The Morgan fingerprint density at radius 3 is 3.06 bits per heavy atom. The Labute approximate surface area is 98.4 Å². The standard InChI is InChI=1S/C10H12ClN3O2/c1-16-7-2-3-14(6-7)10(15)8-4-12-5-9(11)13-8/h4-5,7H,2-3,6H2,1H3. The van der Waals surface area contributed by atoms with Gasteiger partial charge in [-0.25, -0.2) is 4.98 Å². The summed E-state index contributed by atoms with van der Waals surface area (Å²) in [6.45, 7) is 1.29. The zero-order valence-corrected chi connectivity index (χ0v) is 9.65. The summed E-state index contributed by atoms with van der Waals surface area (Å²) in [5, 5.41) is 0.230. The molecule has 1 unspecified atom stereocenters. The summed E-state index contributed by atoms with van der Waals surface area (Å²) in [7, 11) is 1.65. The molecule has 1 amide bonds. The number of hydrogen-bond acceptors (Lipinski definition) is 4. The Morgan fingerprint density at radius 1 is 1.62 bits per heavy atom. The average molecular weight is 242 g/mol. The van der Waals surface area contributed by atoms with Crippen LogP contribution in [-0.2, 0) is 4.74 Å². The molecule has 16 heavy (non-hydrogen) atoms. The number of carbonyl (C=O) groups excluding carboxylic acids is 1. The van der Waals surface area contributed by atoms with Crippen LogP contribution in [0.15, 0.2) is 12.4 Å². The van der Waals surface area contributed by atoms with Gasteiger partial charge in [-0.15, -0.1) is 0 Å². The third-order valence-electron chi connectivity index (χ3n) is 2.59. The van der Waals surface area contributed by atoms with Gasteiger partial charge in [-0.2, -0.15) is 0 Å². The number of amides is 1. The first-order valence-electron chi connectivity index (χ1n) is 5.00. The maximum atomic E-state index is 12.0. The maximum Gasteiger partial charge on any atom is 0.274 e. The molecule has 0 aromatic carbocycles. The van der Waals surface area contributed by atoms with Crippen LogP contribution in [0.5, 0.6) is 0 Å².